The van der Waals surface area contributed by atoms with Crippen LogP contribution in [0.3, 0.4) is 0 Å². The first-order valence-corrected chi connectivity index (χ1v) is 14.7. The number of rotatable bonds is 12. The van der Waals surface area contributed by atoms with E-state index in [0.29, 0.717) is 17.3 Å². The number of halogens is 1. The summed E-state index contributed by atoms with van der Waals surface area (Å²) < 4.78 is 26.6. The van der Waals surface area contributed by atoms with Crippen LogP contribution in [0.25, 0.3) is 0 Å². The number of sulfonamides is 1. The van der Waals surface area contributed by atoms with Gasteiger partial charge in [-0.1, -0.05) is 78.7 Å². The number of carbonyl (C=O) groups excluding carboxylic acids is 2. The third-order valence-electron chi connectivity index (χ3n) is 6.05. The number of nitrogens with zero attached hydrogens (tertiary/aromatic N) is 2. The maximum Gasteiger partial charge on any atom is 0.244 e. The second-order valence-electron chi connectivity index (χ2n) is 9.25. The predicted octanol–water partition coefficient (Wildman–Crippen LogP) is 4.58. The summed E-state index contributed by atoms with van der Waals surface area (Å²) in [6.45, 7) is 4.07. The molecule has 0 aromatic heterocycles. The standard InChI is InChI=1S/C29H34ClN3O4S/c1-4-17-31-29(35)27(19-23-10-6-5-7-11-23)32(20-24-12-8-9-22(2)18-24)28(34)21-33(38(3,36)37)26-15-13-25(30)14-16-26/h5-16,18,27H,4,17,19-21H2,1-3H3,(H,31,35)/t27-/m0/s1. The van der Waals surface area contributed by atoms with Crippen molar-refractivity contribution < 1.29 is 18.0 Å². The highest BCUT2D eigenvalue weighted by molar-refractivity contribution is 7.92. The van der Waals surface area contributed by atoms with Crippen LogP contribution in [-0.4, -0.2) is 50.5 Å². The van der Waals surface area contributed by atoms with Gasteiger partial charge < -0.3 is 10.2 Å². The highest BCUT2D eigenvalue weighted by Crippen LogP contribution is 2.22. The van der Waals surface area contributed by atoms with Crippen LogP contribution in [0.2, 0.25) is 5.02 Å². The van der Waals surface area contributed by atoms with E-state index in [4.69, 9.17) is 11.6 Å². The molecule has 0 aliphatic rings. The minimum Gasteiger partial charge on any atom is -0.354 e. The minimum absolute atomic E-state index is 0.149. The lowest BCUT2D eigenvalue weighted by molar-refractivity contribution is -0.140. The molecule has 38 heavy (non-hydrogen) atoms. The van der Waals surface area contributed by atoms with Crippen molar-refractivity contribution in [2.24, 2.45) is 0 Å². The Labute approximate surface area is 230 Å². The Morgan fingerprint density at radius 3 is 2.21 bits per heavy atom. The fourth-order valence-electron chi connectivity index (χ4n) is 4.15. The smallest absolute Gasteiger partial charge is 0.244 e. The van der Waals surface area contributed by atoms with E-state index in [2.05, 4.69) is 5.32 Å². The summed E-state index contributed by atoms with van der Waals surface area (Å²) in [4.78, 5) is 28.9. The van der Waals surface area contributed by atoms with Crippen molar-refractivity contribution in [3.8, 4) is 0 Å². The Morgan fingerprint density at radius 2 is 1.61 bits per heavy atom. The second-order valence-corrected chi connectivity index (χ2v) is 11.6. The fraction of sp³-hybridized carbons (Fsp3) is 0.310. The van der Waals surface area contributed by atoms with Crippen molar-refractivity contribution >= 4 is 39.1 Å². The minimum atomic E-state index is -3.82. The van der Waals surface area contributed by atoms with E-state index in [-0.39, 0.29) is 18.9 Å². The van der Waals surface area contributed by atoms with Gasteiger partial charge in [0.05, 0.1) is 11.9 Å². The molecule has 0 radical (unpaired) electrons. The molecule has 0 saturated carbocycles. The van der Waals surface area contributed by atoms with Crippen LogP contribution < -0.4 is 9.62 Å². The zero-order valence-electron chi connectivity index (χ0n) is 21.9. The van der Waals surface area contributed by atoms with Gasteiger partial charge in [-0.2, -0.15) is 0 Å². The number of anilines is 1. The molecule has 0 saturated heterocycles. The molecule has 3 aromatic rings. The van der Waals surface area contributed by atoms with Crippen LogP contribution in [0.5, 0.6) is 0 Å². The van der Waals surface area contributed by atoms with Crippen LogP contribution in [0.4, 0.5) is 5.69 Å². The lowest BCUT2D eigenvalue weighted by Gasteiger charge is -2.33. The average Bonchev–Trinajstić information content (AvgIpc) is 2.88. The number of hydrogen-bond acceptors (Lipinski definition) is 4. The summed E-state index contributed by atoms with van der Waals surface area (Å²) in [5.74, 6) is -0.770. The first-order chi connectivity index (χ1) is 18.1. The number of nitrogens with one attached hydrogen (secondary N) is 1. The lowest BCUT2D eigenvalue weighted by atomic mass is 10.0. The molecular weight excluding hydrogens is 522 g/mol. The number of aryl methyl sites for hydroxylation is 1. The largest absolute Gasteiger partial charge is 0.354 e. The molecule has 0 heterocycles. The topological polar surface area (TPSA) is 86.8 Å². The van der Waals surface area contributed by atoms with Crippen LogP contribution in [0.1, 0.15) is 30.0 Å². The number of carbonyl (C=O) groups is 2. The molecule has 2 amide bonds. The molecule has 1 N–H and O–H groups in total. The molecule has 0 fully saturated rings. The van der Waals surface area contributed by atoms with Crippen LogP contribution in [-0.2, 0) is 32.6 Å². The van der Waals surface area contributed by atoms with E-state index >= 15 is 0 Å². The van der Waals surface area contributed by atoms with E-state index in [1.54, 1.807) is 24.3 Å². The second kappa shape index (κ2) is 13.4. The maximum absolute atomic E-state index is 14.0. The van der Waals surface area contributed by atoms with Crippen molar-refractivity contribution in [3.05, 3.63) is 101 Å². The van der Waals surface area contributed by atoms with E-state index in [9.17, 15) is 18.0 Å². The zero-order valence-corrected chi connectivity index (χ0v) is 23.5. The quantitative estimate of drug-likeness (QED) is 0.354. The zero-order chi connectivity index (χ0) is 27.7. The van der Waals surface area contributed by atoms with Crippen molar-refractivity contribution in [3.63, 3.8) is 0 Å². The Kier molecular flexibility index (Phi) is 10.3. The first kappa shape index (κ1) is 29.2. The van der Waals surface area contributed by atoms with Gasteiger partial charge in [0.25, 0.3) is 0 Å². The molecule has 0 bridgehead atoms. The summed E-state index contributed by atoms with van der Waals surface area (Å²) >= 11 is 6.00. The van der Waals surface area contributed by atoms with E-state index in [1.165, 1.54) is 4.90 Å². The summed E-state index contributed by atoms with van der Waals surface area (Å²) in [6.07, 6.45) is 2.08. The maximum atomic E-state index is 14.0. The number of benzene rings is 3. The SMILES string of the molecule is CCCNC(=O)[C@H](Cc1ccccc1)N(Cc1cccc(C)c1)C(=O)CN(c1ccc(Cl)cc1)S(C)(=O)=O. The molecule has 202 valence electrons. The van der Waals surface area contributed by atoms with E-state index < -0.39 is 28.5 Å². The van der Waals surface area contributed by atoms with Gasteiger partial charge in [0.1, 0.15) is 12.6 Å². The third kappa shape index (κ3) is 8.33. The van der Waals surface area contributed by atoms with Crippen molar-refractivity contribution in [1.82, 2.24) is 10.2 Å². The van der Waals surface area contributed by atoms with Gasteiger partial charge in [-0.05, 0) is 48.7 Å². The monoisotopic (exact) mass is 555 g/mol. The van der Waals surface area contributed by atoms with Gasteiger partial charge in [-0.15, -0.1) is 0 Å². The van der Waals surface area contributed by atoms with Crippen LogP contribution in [0, 0.1) is 6.92 Å². The van der Waals surface area contributed by atoms with Gasteiger partial charge >= 0.3 is 0 Å². The molecule has 3 aromatic carbocycles. The van der Waals surface area contributed by atoms with E-state index in [0.717, 1.165) is 33.7 Å². The molecule has 0 unspecified atom stereocenters. The summed E-state index contributed by atoms with van der Waals surface area (Å²) in [5, 5.41) is 3.38. The first-order valence-electron chi connectivity index (χ1n) is 12.5. The van der Waals surface area contributed by atoms with E-state index in [1.807, 2.05) is 68.4 Å². The number of amides is 2. The van der Waals surface area contributed by atoms with Crippen molar-refractivity contribution in [2.45, 2.75) is 39.3 Å². The molecule has 1 atom stereocenters. The molecule has 0 spiro atoms. The Morgan fingerprint density at radius 1 is 0.947 bits per heavy atom. The normalized spacial score (nSPS) is 12.0. The highest BCUT2D eigenvalue weighted by Gasteiger charge is 2.32. The van der Waals surface area contributed by atoms with Crippen LogP contribution >= 0.6 is 11.6 Å². The Hall–Kier alpha value is -3.36. The number of hydrogen-bond donors (Lipinski definition) is 1. The van der Waals surface area contributed by atoms with Gasteiger partial charge in [-0.25, -0.2) is 8.42 Å². The third-order valence-corrected chi connectivity index (χ3v) is 7.44. The van der Waals surface area contributed by atoms with Crippen LogP contribution in [0.15, 0.2) is 78.9 Å². The predicted molar refractivity (Wildman–Crippen MR) is 153 cm³/mol. The molecule has 9 heteroatoms. The molecule has 3 rings (SSSR count). The summed E-state index contributed by atoms with van der Waals surface area (Å²) in [7, 11) is -3.82. The molecule has 0 aliphatic heterocycles. The van der Waals surface area contributed by atoms with Gasteiger partial charge in [0.15, 0.2) is 0 Å². The van der Waals surface area contributed by atoms with Gasteiger partial charge in [0, 0.05) is 24.5 Å². The molecule has 0 aliphatic carbocycles. The van der Waals surface area contributed by atoms with Gasteiger partial charge in [0.2, 0.25) is 21.8 Å². The molecule has 7 nitrogen and oxygen atoms in total. The molecular formula is C29H34ClN3O4S. The van der Waals surface area contributed by atoms with Crippen molar-refractivity contribution in [2.75, 3.05) is 23.7 Å². The summed E-state index contributed by atoms with van der Waals surface area (Å²) in [6, 6.07) is 22.6. The average molecular weight is 556 g/mol. The summed E-state index contributed by atoms with van der Waals surface area (Å²) in [5.41, 5.74) is 3.07. The fourth-order valence-corrected chi connectivity index (χ4v) is 5.12. The lowest BCUT2D eigenvalue weighted by Crippen LogP contribution is -2.53. The van der Waals surface area contributed by atoms with Gasteiger partial charge in [-0.3, -0.25) is 13.9 Å². The highest BCUT2D eigenvalue weighted by atomic mass is 35.5. The Balaban J connectivity index is 2.03. The Bertz CT molecular complexity index is 1330. The van der Waals surface area contributed by atoms with Crippen molar-refractivity contribution in [1.29, 1.82) is 0 Å².